The lowest BCUT2D eigenvalue weighted by Crippen LogP contribution is -2.25. The maximum absolute atomic E-state index is 11.5. The number of hydrogen-bond donors (Lipinski definition) is 1. The van der Waals surface area contributed by atoms with E-state index in [0.29, 0.717) is 0 Å². The first-order chi connectivity index (χ1) is 7.84. The molecule has 0 spiro atoms. The number of rotatable bonds is 7. The second-order valence-electron chi connectivity index (χ2n) is 4.82. The molecule has 0 aromatic carbocycles. The van der Waals surface area contributed by atoms with Crippen LogP contribution in [-0.2, 0) is 4.79 Å². The second kappa shape index (κ2) is 6.80. The third-order valence-electron chi connectivity index (χ3n) is 3.19. The first kappa shape index (κ1) is 12.6. The third-order valence-corrected chi connectivity index (χ3v) is 6.20. The molecule has 1 N–H and O–H groups in total. The molecule has 1 saturated heterocycles. The van der Waals surface area contributed by atoms with Crippen LogP contribution in [0.15, 0.2) is 0 Å². The summed E-state index contributed by atoms with van der Waals surface area (Å²) < 4.78 is 0. The van der Waals surface area contributed by atoms with Crippen molar-refractivity contribution >= 4 is 27.5 Å². The van der Waals surface area contributed by atoms with Gasteiger partial charge < -0.3 is 5.32 Å². The first-order valence-electron chi connectivity index (χ1n) is 6.39. The molecule has 2 aliphatic rings. The van der Waals surface area contributed by atoms with Crippen LogP contribution >= 0.6 is 21.6 Å². The van der Waals surface area contributed by atoms with Crippen molar-refractivity contribution in [3.05, 3.63) is 0 Å². The molecule has 1 aliphatic carbocycles. The number of carbonyl (C=O) groups excluding carboxylic acids is 1. The predicted octanol–water partition coefficient (Wildman–Crippen LogP) is 3.23. The average molecular weight is 259 g/mol. The van der Waals surface area contributed by atoms with Gasteiger partial charge in [-0.2, -0.15) is 0 Å². The fourth-order valence-electron chi connectivity index (χ4n) is 1.89. The maximum atomic E-state index is 11.5. The minimum absolute atomic E-state index is 0.264. The van der Waals surface area contributed by atoms with E-state index in [-0.39, 0.29) is 5.91 Å². The molecular weight excluding hydrogens is 238 g/mol. The smallest absolute Gasteiger partial charge is 0.220 e. The van der Waals surface area contributed by atoms with E-state index in [0.717, 1.165) is 30.6 Å². The van der Waals surface area contributed by atoms with Gasteiger partial charge in [-0.15, -0.1) is 0 Å². The molecular formula is C12H21NOS2. The fraction of sp³-hybridized carbons (Fsp3) is 0.917. The molecule has 1 unspecified atom stereocenters. The molecule has 92 valence electrons. The van der Waals surface area contributed by atoms with Gasteiger partial charge in [0.25, 0.3) is 0 Å². The maximum Gasteiger partial charge on any atom is 0.220 e. The molecule has 0 aromatic heterocycles. The molecule has 1 saturated carbocycles. The van der Waals surface area contributed by atoms with Crippen LogP contribution in [0.4, 0.5) is 0 Å². The van der Waals surface area contributed by atoms with Crippen LogP contribution in [0.25, 0.3) is 0 Å². The van der Waals surface area contributed by atoms with E-state index < -0.39 is 0 Å². The summed E-state index contributed by atoms with van der Waals surface area (Å²) in [5.74, 6) is 2.38. The van der Waals surface area contributed by atoms with Gasteiger partial charge in [0.1, 0.15) is 0 Å². The van der Waals surface area contributed by atoms with Gasteiger partial charge in [0.15, 0.2) is 0 Å². The number of carbonyl (C=O) groups is 1. The van der Waals surface area contributed by atoms with Crippen molar-refractivity contribution in [1.82, 2.24) is 5.32 Å². The molecule has 0 radical (unpaired) electrons. The second-order valence-corrected chi connectivity index (χ2v) is 7.61. The Kier molecular flexibility index (Phi) is 5.36. The van der Waals surface area contributed by atoms with Gasteiger partial charge in [-0.3, -0.25) is 4.79 Å². The Balaban J connectivity index is 1.42. The highest BCUT2D eigenvalue weighted by molar-refractivity contribution is 8.77. The minimum atomic E-state index is 0.264. The van der Waals surface area contributed by atoms with Gasteiger partial charge in [-0.25, -0.2) is 0 Å². The quantitative estimate of drug-likeness (QED) is 0.562. The fourth-order valence-corrected chi connectivity index (χ4v) is 4.92. The zero-order chi connectivity index (χ0) is 11.2. The van der Waals surface area contributed by atoms with Crippen molar-refractivity contribution < 1.29 is 4.79 Å². The highest BCUT2D eigenvalue weighted by Gasteiger charge is 2.21. The molecule has 0 bridgehead atoms. The summed E-state index contributed by atoms with van der Waals surface area (Å²) >= 11 is 0. The van der Waals surface area contributed by atoms with E-state index in [1.807, 2.05) is 21.6 Å². The van der Waals surface area contributed by atoms with Crippen LogP contribution in [0, 0.1) is 5.92 Å². The average Bonchev–Trinajstić information content (AvgIpc) is 2.97. The SMILES string of the molecule is O=C(CCCCC1CCSS1)NCC1CC1. The summed E-state index contributed by atoms with van der Waals surface area (Å²) in [6.45, 7) is 0.925. The van der Waals surface area contributed by atoms with Crippen molar-refractivity contribution in [1.29, 1.82) is 0 Å². The van der Waals surface area contributed by atoms with Crippen molar-refractivity contribution in [2.45, 2.75) is 50.2 Å². The van der Waals surface area contributed by atoms with E-state index in [9.17, 15) is 4.79 Å². The van der Waals surface area contributed by atoms with Crippen LogP contribution in [0.2, 0.25) is 0 Å². The molecule has 2 rings (SSSR count). The summed E-state index contributed by atoms with van der Waals surface area (Å²) in [7, 11) is 4.04. The van der Waals surface area contributed by atoms with E-state index >= 15 is 0 Å². The Hall–Kier alpha value is 0.170. The van der Waals surface area contributed by atoms with Crippen molar-refractivity contribution in [3.8, 4) is 0 Å². The van der Waals surface area contributed by atoms with E-state index in [1.165, 1.54) is 37.9 Å². The van der Waals surface area contributed by atoms with Gasteiger partial charge in [0, 0.05) is 24.0 Å². The highest BCUT2D eigenvalue weighted by Crippen LogP contribution is 2.39. The third kappa shape index (κ3) is 5.00. The van der Waals surface area contributed by atoms with E-state index in [1.54, 1.807) is 0 Å². The number of nitrogens with one attached hydrogen (secondary N) is 1. The van der Waals surface area contributed by atoms with Crippen LogP contribution in [0.1, 0.15) is 44.9 Å². The van der Waals surface area contributed by atoms with Gasteiger partial charge in [0.2, 0.25) is 5.91 Å². The van der Waals surface area contributed by atoms with Crippen molar-refractivity contribution in [2.24, 2.45) is 5.92 Å². The van der Waals surface area contributed by atoms with E-state index in [4.69, 9.17) is 0 Å². The molecule has 1 atom stereocenters. The topological polar surface area (TPSA) is 29.1 Å². The number of amides is 1. The summed E-state index contributed by atoms with van der Waals surface area (Å²) in [4.78, 5) is 11.5. The molecule has 0 aromatic rings. The highest BCUT2D eigenvalue weighted by atomic mass is 33.1. The van der Waals surface area contributed by atoms with Crippen molar-refractivity contribution in [2.75, 3.05) is 12.3 Å². The van der Waals surface area contributed by atoms with Gasteiger partial charge in [0.05, 0.1) is 0 Å². The lowest BCUT2D eigenvalue weighted by molar-refractivity contribution is -0.121. The summed E-state index contributed by atoms with van der Waals surface area (Å²) in [6.07, 6.45) is 8.31. The van der Waals surface area contributed by atoms with Crippen molar-refractivity contribution in [3.63, 3.8) is 0 Å². The molecule has 1 amide bonds. The van der Waals surface area contributed by atoms with Crippen LogP contribution in [-0.4, -0.2) is 23.5 Å². The largest absolute Gasteiger partial charge is 0.356 e. The van der Waals surface area contributed by atoms with Gasteiger partial charge in [-0.1, -0.05) is 28.0 Å². The Morgan fingerprint density at radius 1 is 1.25 bits per heavy atom. The number of unbranched alkanes of at least 4 members (excludes halogenated alkanes) is 1. The van der Waals surface area contributed by atoms with Gasteiger partial charge in [-0.05, 0) is 38.0 Å². The Morgan fingerprint density at radius 2 is 2.12 bits per heavy atom. The van der Waals surface area contributed by atoms with Crippen LogP contribution in [0.5, 0.6) is 0 Å². The monoisotopic (exact) mass is 259 g/mol. The molecule has 1 heterocycles. The Bertz CT molecular complexity index is 225. The normalized spacial score (nSPS) is 24.6. The first-order valence-corrected chi connectivity index (χ1v) is 8.78. The van der Waals surface area contributed by atoms with Crippen LogP contribution < -0.4 is 5.32 Å². The standard InChI is InChI=1S/C12H21NOS2/c14-12(13-9-10-5-6-10)4-2-1-3-11-7-8-15-16-11/h10-11H,1-9H2,(H,13,14). The Labute approximate surface area is 106 Å². The van der Waals surface area contributed by atoms with Gasteiger partial charge >= 0.3 is 0 Å². The van der Waals surface area contributed by atoms with E-state index in [2.05, 4.69) is 5.32 Å². The number of hydrogen-bond acceptors (Lipinski definition) is 3. The molecule has 16 heavy (non-hydrogen) atoms. The predicted molar refractivity (Wildman–Crippen MR) is 72.7 cm³/mol. The Morgan fingerprint density at radius 3 is 2.81 bits per heavy atom. The molecule has 1 aliphatic heterocycles. The summed E-state index contributed by atoms with van der Waals surface area (Å²) in [5, 5.41) is 3.89. The zero-order valence-corrected chi connectivity index (χ0v) is 11.4. The summed E-state index contributed by atoms with van der Waals surface area (Å²) in [6, 6.07) is 0. The molecule has 2 nitrogen and oxygen atoms in total. The van der Waals surface area contributed by atoms with Crippen LogP contribution in [0.3, 0.4) is 0 Å². The molecule has 4 heteroatoms. The zero-order valence-electron chi connectivity index (χ0n) is 9.74. The minimum Gasteiger partial charge on any atom is -0.356 e. The lowest BCUT2D eigenvalue weighted by Gasteiger charge is -2.07. The molecule has 2 fully saturated rings. The summed E-state index contributed by atoms with van der Waals surface area (Å²) in [5.41, 5.74) is 0. The lowest BCUT2D eigenvalue weighted by atomic mass is 10.1.